The molecule has 16 heteroatoms. The summed E-state index contributed by atoms with van der Waals surface area (Å²) in [6.07, 6.45) is -10.5. The third-order valence-corrected chi connectivity index (χ3v) is 13.5. The van der Waals surface area contributed by atoms with Crippen molar-refractivity contribution in [2.24, 2.45) is 23.7 Å². The highest BCUT2D eigenvalue weighted by molar-refractivity contribution is 5.77. The lowest BCUT2D eigenvalue weighted by atomic mass is 9.73. The van der Waals surface area contributed by atoms with Crippen LogP contribution in [0.25, 0.3) is 0 Å². The number of amides is 1. The molecule has 3 aliphatic heterocycles. The number of nitrogens with one attached hydrogen (secondary N) is 1. The predicted molar refractivity (Wildman–Crippen MR) is 223 cm³/mol. The Hall–Kier alpha value is -1.54. The van der Waals surface area contributed by atoms with Gasteiger partial charge >= 0.3 is 5.97 Å². The first-order valence-electron chi connectivity index (χ1n) is 22.1. The highest BCUT2D eigenvalue weighted by atomic mass is 16.7. The van der Waals surface area contributed by atoms with Crippen LogP contribution in [0.3, 0.4) is 0 Å². The second-order valence-corrected chi connectivity index (χ2v) is 19.5. The van der Waals surface area contributed by atoms with Gasteiger partial charge < -0.3 is 64.0 Å². The van der Waals surface area contributed by atoms with Gasteiger partial charge in [0.15, 0.2) is 12.6 Å². The topological polar surface area (TPSA) is 215 Å². The summed E-state index contributed by atoms with van der Waals surface area (Å²) in [6, 6.07) is -0.403. The Labute approximate surface area is 359 Å². The van der Waals surface area contributed by atoms with Crippen molar-refractivity contribution in [1.29, 1.82) is 0 Å². The van der Waals surface area contributed by atoms with E-state index in [4.69, 9.17) is 33.2 Å². The first-order valence-corrected chi connectivity index (χ1v) is 22.1. The lowest BCUT2D eigenvalue weighted by molar-refractivity contribution is -0.319. The Kier molecular flexibility index (Phi) is 18.9. The minimum Gasteiger partial charge on any atom is -0.459 e. The molecule has 0 spiro atoms. The third-order valence-electron chi connectivity index (χ3n) is 13.5. The fraction of sp³-hybridized carbons (Fsp3) is 0.955. The van der Waals surface area contributed by atoms with Crippen molar-refractivity contribution in [2.45, 2.75) is 225 Å². The van der Waals surface area contributed by atoms with Crippen LogP contribution in [-0.4, -0.2) is 166 Å². The van der Waals surface area contributed by atoms with Crippen molar-refractivity contribution >= 4 is 11.9 Å². The minimum absolute atomic E-state index is 0.0287. The van der Waals surface area contributed by atoms with Gasteiger partial charge in [-0.1, -0.05) is 27.7 Å². The van der Waals surface area contributed by atoms with E-state index in [1.54, 1.807) is 48.5 Å². The van der Waals surface area contributed by atoms with Gasteiger partial charge in [-0.25, -0.2) is 0 Å². The molecule has 0 aromatic heterocycles. The van der Waals surface area contributed by atoms with Gasteiger partial charge in [-0.05, 0) is 101 Å². The van der Waals surface area contributed by atoms with Crippen LogP contribution in [0.15, 0.2) is 0 Å². The lowest BCUT2D eigenvalue weighted by Crippen LogP contribution is -2.62. The standard InChI is InChI=1S/C44H82N2O14/c1-17-31-44(14,53)37(49)26(8)35(55-21-32(47)45-22(2)3)24(6)19-42(12,52)39(60-41-34(48)30(18-25(7)56-41)46(15)23(4)5)27(9)36(28(10)40(51)58-31)59-33-20-43(13,54-16)38(50)29(11)57-33/h22-31,33-39,41,48-50,52-53H,17-21H2,1-16H3,(H,45,47)/t24-,25-,26+,27+,28-,29+,30+,31-,33+,34-,35+,36+,37-,38+,39-,41+,42-,43-,44-/m1/s1. The number of rotatable bonds is 12. The maximum absolute atomic E-state index is 14.4. The van der Waals surface area contributed by atoms with Crippen LogP contribution in [0.4, 0.5) is 0 Å². The molecule has 352 valence electrons. The second-order valence-electron chi connectivity index (χ2n) is 19.5. The molecule has 1 amide bonds. The number of carbonyl (C=O) groups excluding carboxylic acids is 2. The summed E-state index contributed by atoms with van der Waals surface area (Å²) in [5.41, 5.74) is -4.83. The zero-order chi connectivity index (χ0) is 45.8. The number of aliphatic hydroxyl groups is 5. The number of esters is 1. The molecular formula is C44H82N2O14. The molecule has 0 bridgehead atoms. The van der Waals surface area contributed by atoms with Crippen molar-refractivity contribution in [2.75, 3.05) is 20.8 Å². The zero-order valence-corrected chi connectivity index (χ0v) is 39.3. The molecule has 3 rings (SSSR count). The maximum Gasteiger partial charge on any atom is 0.311 e. The molecular weight excluding hydrogens is 780 g/mol. The van der Waals surface area contributed by atoms with Gasteiger partial charge in [0.2, 0.25) is 5.91 Å². The monoisotopic (exact) mass is 863 g/mol. The molecule has 0 saturated carbocycles. The Morgan fingerprint density at radius 2 is 1.53 bits per heavy atom. The van der Waals surface area contributed by atoms with Gasteiger partial charge in [-0.15, -0.1) is 0 Å². The molecule has 0 aromatic carbocycles. The van der Waals surface area contributed by atoms with Crippen molar-refractivity contribution in [3.8, 4) is 0 Å². The molecule has 0 radical (unpaired) electrons. The smallest absolute Gasteiger partial charge is 0.311 e. The summed E-state index contributed by atoms with van der Waals surface area (Å²) >= 11 is 0. The number of cyclic esters (lactones) is 1. The number of hydrogen-bond acceptors (Lipinski definition) is 15. The Bertz CT molecular complexity index is 1370. The predicted octanol–water partition coefficient (Wildman–Crippen LogP) is 2.90. The third kappa shape index (κ3) is 12.4. The van der Waals surface area contributed by atoms with Gasteiger partial charge in [-0.2, -0.15) is 0 Å². The molecule has 0 aliphatic carbocycles. The Morgan fingerprint density at radius 1 is 0.917 bits per heavy atom. The first-order chi connectivity index (χ1) is 27.6. The van der Waals surface area contributed by atoms with Gasteiger partial charge in [0.05, 0.1) is 53.7 Å². The normalized spacial score (nSPS) is 45.4. The van der Waals surface area contributed by atoms with Crippen LogP contribution < -0.4 is 5.32 Å². The minimum atomic E-state index is -1.98. The number of aliphatic hydroxyl groups excluding tert-OH is 3. The van der Waals surface area contributed by atoms with E-state index >= 15 is 0 Å². The van der Waals surface area contributed by atoms with Crippen LogP contribution in [-0.2, 0) is 42.7 Å². The van der Waals surface area contributed by atoms with Crippen LogP contribution in [0.1, 0.15) is 123 Å². The zero-order valence-electron chi connectivity index (χ0n) is 39.3. The first kappa shape index (κ1) is 52.8. The van der Waals surface area contributed by atoms with Crippen molar-refractivity contribution < 1.29 is 68.3 Å². The highest BCUT2D eigenvalue weighted by Crippen LogP contribution is 2.42. The van der Waals surface area contributed by atoms with Crippen molar-refractivity contribution in [3.63, 3.8) is 0 Å². The van der Waals surface area contributed by atoms with Crippen LogP contribution in [0.2, 0.25) is 0 Å². The number of carbonyl (C=O) groups is 2. The maximum atomic E-state index is 14.4. The molecule has 3 heterocycles. The SMILES string of the molecule is CC[C@H]1OC(=O)[C@H](C)[C@@H](O[C@H]2C[C@@](C)(OC)[C@@H](O)[C@H](C)O2)[C@H](C)[C@@H](O[C@@H]2O[C@H](C)C[C@H](N(C)C(C)C)[C@H]2O)[C@](C)(O)C[C@@H](C)[C@H](OCC(=O)NC(C)C)[C@H](C)[C@@H](O)[C@]1(C)O. The van der Waals surface area contributed by atoms with E-state index in [-0.39, 0.29) is 56.0 Å². The second kappa shape index (κ2) is 21.4. The Balaban J connectivity index is 2.24. The van der Waals surface area contributed by atoms with E-state index in [0.717, 1.165) is 0 Å². The lowest BCUT2D eigenvalue weighted by Gasteiger charge is -2.50. The van der Waals surface area contributed by atoms with Crippen molar-refractivity contribution in [1.82, 2.24) is 10.2 Å². The average Bonchev–Trinajstić information content (AvgIpc) is 3.15. The van der Waals surface area contributed by atoms with Crippen molar-refractivity contribution in [3.05, 3.63) is 0 Å². The van der Waals surface area contributed by atoms with Crippen LogP contribution in [0, 0.1) is 23.7 Å². The van der Waals surface area contributed by atoms with Gasteiger partial charge in [0.25, 0.3) is 0 Å². The molecule has 3 aliphatic rings. The van der Waals surface area contributed by atoms with E-state index in [1.807, 2.05) is 48.6 Å². The van der Waals surface area contributed by atoms with Gasteiger partial charge in [0.1, 0.15) is 30.5 Å². The molecule has 0 unspecified atom stereocenters. The molecule has 19 atom stereocenters. The molecule has 60 heavy (non-hydrogen) atoms. The molecule has 0 aromatic rings. The van der Waals surface area contributed by atoms with E-state index in [1.165, 1.54) is 14.0 Å². The van der Waals surface area contributed by atoms with Gasteiger partial charge in [-0.3, -0.25) is 14.5 Å². The molecule has 16 nitrogen and oxygen atoms in total. The summed E-state index contributed by atoms with van der Waals surface area (Å²) in [6.45, 7) is 24.4. The summed E-state index contributed by atoms with van der Waals surface area (Å²) < 4.78 is 44.2. The van der Waals surface area contributed by atoms with Crippen LogP contribution >= 0.6 is 0 Å². The van der Waals surface area contributed by atoms with E-state index < -0.39 is 108 Å². The number of nitrogens with zero attached hydrogens (tertiary/aromatic N) is 1. The Morgan fingerprint density at radius 3 is 2.08 bits per heavy atom. The van der Waals surface area contributed by atoms with E-state index in [9.17, 15) is 35.1 Å². The summed E-state index contributed by atoms with van der Waals surface area (Å²) in [5, 5.41) is 62.5. The molecule has 3 saturated heterocycles. The number of ether oxygens (including phenoxy) is 7. The number of methoxy groups -OCH3 is 1. The van der Waals surface area contributed by atoms with E-state index in [0.29, 0.717) is 6.42 Å². The number of hydrogen-bond donors (Lipinski definition) is 6. The average molecular weight is 863 g/mol. The summed E-state index contributed by atoms with van der Waals surface area (Å²) in [5.74, 6) is -4.49. The molecule has 6 N–H and O–H groups in total. The number of likely N-dealkylation sites (N-methyl/N-ethyl adjacent to an activating group) is 1. The largest absolute Gasteiger partial charge is 0.459 e. The fourth-order valence-corrected chi connectivity index (χ4v) is 9.70. The van der Waals surface area contributed by atoms with Crippen LogP contribution in [0.5, 0.6) is 0 Å². The van der Waals surface area contributed by atoms with Gasteiger partial charge in [0, 0.05) is 43.5 Å². The summed E-state index contributed by atoms with van der Waals surface area (Å²) in [7, 11) is 3.42. The summed E-state index contributed by atoms with van der Waals surface area (Å²) in [4.78, 5) is 29.4. The highest BCUT2D eigenvalue weighted by Gasteiger charge is 2.54. The fourth-order valence-electron chi connectivity index (χ4n) is 9.70. The van der Waals surface area contributed by atoms with E-state index in [2.05, 4.69) is 10.2 Å². The molecule has 3 fully saturated rings. The quantitative estimate of drug-likeness (QED) is 0.156.